The van der Waals surface area contributed by atoms with E-state index in [9.17, 15) is 13.2 Å². The average Bonchev–Trinajstić information content (AvgIpc) is 2.71. The van der Waals surface area contributed by atoms with Crippen LogP contribution < -0.4 is 5.32 Å². The standard InChI is InChI=1S/C21H26ClN3O3S/c1-16-19(22)9-6-10-20(16)23-21(26)17(2)24-11-13-25(14-12-24)29(27,28)15-18-7-4-3-5-8-18/h3-10,17H,11-15H2,1-2H3,(H,23,26). The molecule has 1 aliphatic heterocycles. The maximum Gasteiger partial charge on any atom is 0.241 e. The van der Waals surface area contributed by atoms with Crippen LogP contribution in [0.2, 0.25) is 5.02 Å². The molecule has 0 aliphatic carbocycles. The van der Waals surface area contributed by atoms with Crippen molar-refractivity contribution in [2.45, 2.75) is 25.6 Å². The van der Waals surface area contributed by atoms with E-state index < -0.39 is 10.0 Å². The third kappa shape index (κ3) is 5.36. The maximum absolute atomic E-state index is 12.7. The van der Waals surface area contributed by atoms with Gasteiger partial charge in [-0.3, -0.25) is 9.69 Å². The molecule has 1 fully saturated rings. The molecule has 0 spiro atoms. The summed E-state index contributed by atoms with van der Waals surface area (Å²) in [6.07, 6.45) is 0. The number of sulfonamides is 1. The highest BCUT2D eigenvalue weighted by Gasteiger charge is 2.31. The number of nitrogens with one attached hydrogen (secondary N) is 1. The van der Waals surface area contributed by atoms with Crippen molar-refractivity contribution in [1.29, 1.82) is 0 Å². The topological polar surface area (TPSA) is 69.7 Å². The van der Waals surface area contributed by atoms with E-state index in [0.717, 1.165) is 11.1 Å². The van der Waals surface area contributed by atoms with E-state index in [1.807, 2.05) is 55.1 Å². The third-order valence-electron chi connectivity index (χ3n) is 5.31. The lowest BCUT2D eigenvalue weighted by Crippen LogP contribution is -2.54. The fraction of sp³-hybridized carbons (Fsp3) is 0.381. The van der Waals surface area contributed by atoms with E-state index in [1.165, 1.54) is 4.31 Å². The summed E-state index contributed by atoms with van der Waals surface area (Å²) >= 11 is 6.12. The van der Waals surface area contributed by atoms with Gasteiger partial charge < -0.3 is 5.32 Å². The van der Waals surface area contributed by atoms with E-state index in [4.69, 9.17) is 11.6 Å². The average molecular weight is 436 g/mol. The molecule has 29 heavy (non-hydrogen) atoms. The number of benzene rings is 2. The SMILES string of the molecule is Cc1c(Cl)cccc1NC(=O)C(C)N1CCN(S(=O)(=O)Cc2ccccc2)CC1. The zero-order chi connectivity index (χ0) is 21.0. The number of nitrogens with zero attached hydrogens (tertiary/aromatic N) is 2. The summed E-state index contributed by atoms with van der Waals surface area (Å²) in [6.45, 7) is 5.47. The highest BCUT2D eigenvalue weighted by molar-refractivity contribution is 7.88. The Labute approximate surface area is 177 Å². The molecule has 0 aromatic heterocycles. The van der Waals surface area contributed by atoms with Crippen molar-refractivity contribution in [3.8, 4) is 0 Å². The molecule has 1 atom stereocenters. The Balaban J connectivity index is 1.57. The van der Waals surface area contributed by atoms with Gasteiger partial charge >= 0.3 is 0 Å². The Hall–Kier alpha value is -1.93. The third-order valence-corrected chi connectivity index (χ3v) is 7.57. The van der Waals surface area contributed by atoms with Crippen molar-refractivity contribution in [2.75, 3.05) is 31.5 Å². The molecule has 1 amide bonds. The Morgan fingerprint density at radius 2 is 1.72 bits per heavy atom. The van der Waals surface area contributed by atoms with Gasteiger partial charge in [0.05, 0.1) is 11.8 Å². The van der Waals surface area contributed by atoms with E-state index in [1.54, 1.807) is 12.1 Å². The number of carbonyl (C=O) groups is 1. The maximum atomic E-state index is 12.7. The van der Waals surface area contributed by atoms with Crippen LogP contribution in [0.4, 0.5) is 5.69 Å². The van der Waals surface area contributed by atoms with Crippen LogP contribution in [0.1, 0.15) is 18.1 Å². The molecule has 0 saturated carbocycles. The second kappa shape index (κ2) is 9.26. The smallest absolute Gasteiger partial charge is 0.241 e. The van der Waals surface area contributed by atoms with Crippen LogP contribution in [0.15, 0.2) is 48.5 Å². The number of piperazine rings is 1. The predicted octanol–water partition coefficient (Wildman–Crippen LogP) is 3.12. The molecule has 0 radical (unpaired) electrons. The molecule has 1 N–H and O–H groups in total. The Bertz CT molecular complexity index is 958. The monoisotopic (exact) mass is 435 g/mol. The van der Waals surface area contributed by atoms with Crippen molar-refractivity contribution >= 4 is 33.2 Å². The first-order valence-corrected chi connectivity index (χ1v) is 11.6. The van der Waals surface area contributed by atoms with Crippen molar-refractivity contribution in [2.24, 2.45) is 0 Å². The summed E-state index contributed by atoms with van der Waals surface area (Å²) in [5.41, 5.74) is 2.30. The van der Waals surface area contributed by atoms with Crippen LogP contribution in [-0.2, 0) is 20.6 Å². The molecule has 1 aliphatic rings. The molecular formula is C21H26ClN3O3S. The molecule has 8 heteroatoms. The van der Waals surface area contributed by atoms with Crippen LogP contribution in [0.3, 0.4) is 0 Å². The van der Waals surface area contributed by atoms with Crippen molar-refractivity contribution in [3.05, 3.63) is 64.7 Å². The van der Waals surface area contributed by atoms with Gasteiger partial charge in [-0.05, 0) is 37.1 Å². The minimum Gasteiger partial charge on any atom is -0.324 e. The fourth-order valence-electron chi connectivity index (χ4n) is 3.39. The lowest BCUT2D eigenvalue weighted by molar-refractivity contribution is -0.121. The van der Waals surface area contributed by atoms with Gasteiger partial charge in [0.1, 0.15) is 0 Å². The number of carbonyl (C=O) groups excluding carboxylic acids is 1. The summed E-state index contributed by atoms with van der Waals surface area (Å²) < 4.78 is 26.9. The molecule has 2 aromatic carbocycles. The second-order valence-electron chi connectivity index (χ2n) is 7.25. The molecule has 3 rings (SSSR count). The lowest BCUT2D eigenvalue weighted by Gasteiger charge is -2.36. The molecular weight excluding hydrogens is 410 g/mol. The number of amides is 1. The van der Waals surface area contributed by atoms with E-state index >= 15 is 0 Å². The van der Waals surface area contributed by atoms with Gasteiger partial charge in [-0.1, -0.05) is 48.0 Å². The predicted molar refractivity (Wildman–Crippen MR) is 116 cm³/mol. The summed E-state index contributed by atoms with van der Waals surface area (Å²) in [4.78, 5) is 14.7. The van der Waals surface area contributed by atoms with E-state index in [0.29, 0.717) is 36.9 Å². The second-order valence-corrected chi connectivity index (χ2v) is 9.63. The minimum absolute atomic E-state index is 0.00206. The summed E-state index contributed by atoms with van der Waals surface area (Å²) in [5, 5.41) is 3.53. The number of anilines is 1. The van der Waals surface area contributed by atoms with Crippen LogP contribution in [-0.4, -0.2) is 55.8 Å². The first-order chi connectivity index (χ1) is 13.8. The molecule has 1 heterocycles. The van der Waals surface area contributed by atoms with Crippen molar-refractivity contribution < 1.29 is 13.2 Å². The Kier molecular flexibility index (Phi) is 6.95. The normalized spacial score (nSPS) is 17.1. The quantitative estimate of drug-likeness (QED) is 0.756. The van der Waals surface area contributed by atoms with E-state index in [-0.39, 0.29) is 17.7 Å². The zero-order valence-electron chi connectivity index (χ0n) is 16.6. The Morgan fingerprint density at radius 1 is 1.07 bits per heavy atom. The van der Waals surface area contributed by atoms with Crippen LogP contribution in [0.25, 0.3) is 0 Å². The van der Waals surface area contributed by atoms with Gasteiger partial charge in [-0.15, -0.1) is 0 Å². The van der Waals surface area contributed by atoms with Crippen molar-refractivity contribution in [3.63, 3.8) is 0 Å². The number of halogens is 1. The molecule has 156 valence electrons. The van der Waals surface area contributed by atoms with Crippen molar-refractivity contribution in [1.82, 2.24) is 9.21 Å². The molecule has 6 nitrogen and oxygen atoms in total. The van der Waals surface area contributed by atoms with Gasteiger partial charge in [0.25, 0.3) is 0 Å². The van der Waals surface area contributed by atoms with Crippen LogP contribution in [0.5, 0.6) is 0 Å². The summed E-state index contributed by atoms with van der Waals surface area (Å²) in [6, 6.07) is 14.2. The molecule has 0 bridgehead atoms. The molecule has 1 saturated heterocycles. The highest BCUT2D eigenvalue weighted by atomic mass is 35.5. The largest absolute Gasteiger partial charge is 0.324 e. The lowest BCUT2D eigenvalue weighted by atomic mass is 10.1. The first-order valence-electron chi connectivity index (χ1n) is 9.60. The molecule has 2 aromatic rings. The number of hydrogen-bond donors (Lipinski definition) is 1. The van der Waals surface area contributed by atoms with Gasteiger partial charge in [-0.25, -0.2) is 8.42 Å². The van der Waals surface area contributed by atoms with Gasteiger partial charge in [0.2, 0.25) is 15.9 Å². The summed E-state index contributed by atoms with van der Waals surface area (Å²) in [5.74, 6) is -0.131. The molecule has 1 unspecified atom stereocenters. The zero-order valence-corrected chi connectivity index (χ0v) is 18.2. The number of rotatable bonds is 6. The van der Waals surface area contributed by atoms with Gasteiger partial charge in [-0.2, -0.15) is 4.31 Å². The fourth-order valence-corrected chi connectivity index (χ4v) is 5.08. The van der Waals surface area contributed by atoms with Gasteiger partial charge in [0.15, 0.2) is 0 Å². The first kappa shape index (κ1) is 21.8. The van der Waals surface area contributed by atoms with Crippen LogP contribution >= 0.6 is 11.6 Å². The summed E-state index contributed by atoms with van der Waals surface area (Å²) in [7, 11) is -3.37. The Morgan fingerprint density at radius 3 is 2.38 bits per heavy atom. The highest BCUT2D eigenvalue weighted by Crippen LogP contribution is 2.23. The van der Waals surface area contributed by atoms with Crippen LogP contribution in [0, 0.1) is 6.92 Å². The van der Waals surface area contributed by atoms with Gasteiger partial charge in [0, 0.05) is 36.9 Å². The van der Waals surface area contributed by atoms with E-state index in [2.05, 4.69) is 5.32 Å². The number of hydrogen-bond acceptors (Lipinski definition) is 4. The minimum atomic E-state index is -3.37.